The molecule has 4 aliphatic heterocycles. The molecule has 0 amide bonds. The van der Waals surface area contributed by atoms with Crippen molar-refractivity contribution < 1.29 is 23.7 Å². The molecule has 4 fully saturated rings. The Morgan fingerprint density at radius 1 is 1.20 bits per heavy atom. The van der Waals surface area contributed by atoms with E-state index in [-0.39, 0.29) is 30.7 Å². The van der Waals surface area contributed by atoms with Gasteiger partial charge in [0.05, 0.1) is 12.5 Å². The standard InChI is InChI=1S/C10H16O5/c1-10(2)14-6-5-4-12-9(7(6)15-10)13-8(5)11-3/h5-9H,4H2,1-3H3/t5-,6+,7+,8+,9-/m1/s1. The zero-order valence-electron chi connectivity index (χ0n) is 9.14. The van der Waals surface area contributed by atoms with E-state index in [1.807, 2.05) is 13.8 Å². The summed E-state index contributed by atoms with van der Waals surface area (Å²) in [5.41, 5.74) is 0. The summed E-state index contributed by atoms with van der Waals surface area (Å²) in [7, 11) is 1.64. The third-order valence-electron chi connectivity index (χ3n) is 3.16. The second-order valence-corrected chi connectivity index (χ2v) is 4.67. The first-order chi connectivity index (χ1) is 7.11. The first kappa shape index (κ1) is 9.99. The predicted molar refractivity (Wildman–Crippen MR) is 48.9 cm³/mol. The Morgan fingerprint density at radius 2 is 1.93 bits per heavy atom. The minimum Gasteiger partial charge on any atom is -0.355 e. The first-order valence-corrected chi connectivity index (χ1v) is 5.26. The smallest absolute Gasteiger partial charge is 0.189 e. The first-order valence-electron chi connectivity index (χ1n) is 5.26. The van der Waals surface area contributed by atoms with E-state index in [2.05, 4.69) is 0 Å². The van der Waals surface area contributed by atoms with Gasteiger partial charge in [0.1, 0.15) is 12.2 Å². The molecule has 4 saturated heterocycles. The zero-order chi connectivity index (χ0) is 10.6. The van der Waals surface area contributed by atoms with Gasteiger partial charge >= 0.3 is 0 Å². The summed E-state index contributed by atoms with van der Waals surface area (Å²) in [6.07, 6.45) is -0.683. The minimum atomic E-state index is -0.550. The molecule has 5 atom stereocenters. The molecule has 0 unspecified atom stereocenters. The molecule has 0 saturated carbocycles. The summed E-state index contributed by atoms with van der Waals surface area (Å²) < 4.78 is 28.0. The van der Waals surface area contributed by atoms with Gasteiger partial charge in [-0.15, -0.1) is 0 Å². The van der Waals surface area contributed by atoms with Crippen molar-refractivity contribution in [1.29, 1.82) is 0 Å². The monoisotopic (exact) mass is 216 g/mol. The van der Waals surface area contributed by atoms with Crippen molar-refractivity contribution in [3.63, 3.8) is 0 Å². The lowest BCUT2D eigenvalue weighted by Crippen LogP contribution is -2.60. The Kier molecular flexibility index (Phi) is 2.10. The highest BCUT2D eigenvalue weighted by Crippen LogP contribution is 2.44. The molecule has 0 aromatic rings. The van der Waals surface area contributed by atoms with Crippen LogP contribution in [0.3, 0.4) is 0 Å². The highest BCUT2D eigenvalue weighted by molar-refractivity contribution is 4.96. The van der Waals surface area contributed by atoms with Gasteiger partial charge in [-0.2, -0.15) is 0 Å². The maximum atomic E-state index is 5.86. The number of ether oxygens (including phenoxy) is 5. The molecule has 0 radical (unpaired) electrons. The average molecular weight is 216 g/mol. The van der Waals surface area contributed by atoms with Gasteiger partial charge in [0, 0.05) is 7.11 Å². The molecule has 0 N–H and O–H groups in total. The molecule has 4 rings (SSSR count). The van der Waals surface area contributed by atoms with Crippen LogP contribution in [0.5, 0.6) is 0 Å². The fourth-order valence-electron chi connectivity index (χ4n) is 2.57. The van der Waals surface area contributed by atoms with Crippen LogP contribution in [0.25, 0.3) is 0 Å². The summed E-state index contributed by atoms with van der Waals surface area (Å²) in [6, 6.07) is 0. The Bertz CT molecular complexity index is 267. The lowest BCUT2D eigenvalue weighted by Gasteiger charge is -2.46. The Morgan fingerprint density at radius 3 is 2.67 bits per heavy atom. The van der Waals surface area contributed by atoms with Crippen molar-refractivity contribution in [3.8, 4) is 0 Å². The molecule has 15 heavy (non-hydrogen) atoms. The predicted octanol–water partition coefficient (Wildman–Crippen LogP) is 0.482. The summed E-state index contributed by atoms with van der Waals surface area (Å²) in [4.78, 5) is 0. The molecule has 5 nitrogen and oxygen atoms in total. The molecule has 2 bridgehead atoms. The number of hydrogen-bond donors (Lipinski definition) is 0. The van der Waals surface area contributed by atoms with Crippen molar-refractivity contribution in [3.05, 3.63) is 0 Å². The number of methoxy groups -OCH3 is 1. The molecule has 4 heterocycles. The maximum absolute atomic E-state index is 5.86. The van der Waals surface area contributed by atoms with Crippen LogP contribution in [0.4, 0.5) is 0 Å². The number of hydrogen-bond acceptors (Lipinski definition) is 5. The lowest BCUT2D eigenvalue weighted by molar-refractivity contribution is -0.367. The van der Waals surface area contributed by atoms with Crippen LogP contribution in [0.2, 0.25) is 0 Å². The fraction of sp³-hybridized carbons (Fsp3) is 1.00. The molecule has 4 aliphatic rings. The van der Waals surface area contributed by atoms with E-state index in [0.717, 1.165) is 0 Å². The molecule has 86 valence electrons. The largest absolute Gasteiger partial charge is 0.355 e. The topological polar surface area (TPSA) is 46.2 Å². The van der Waals surface area contributed by atoms with Gasteiger partial charge in [0.25, 0.3) is 0 Å². The second-order valence-electron chi connectivity index (χ2n) is 4.67. The molecule has 0 spiro atoms. The normalized spacial score (nSPS) is 51.8. The van der Waals surface area contributed by atoms with Crippen molar-refractivity contribution in [2.24, 2.45) is 5.92 Å². The highest BCUT2D eigenvalue weighted by atomic mass is 16.8. The molecular formula is C10H16O5. The molecular weight excluding hydrogens is 200 g/mol. The van der Waals surface area contributed by atoms with Crippen LogP contribution in [-0.2, 0) is 23.7 Å². The summed E-state index contributed by atoms with van der Waals surface area (Å²) in [5.74, 6) is -0.447. The Balaban J connectivity index is 1.85. The van der Waals surface area contributed by atoms with Crippen LogP contribution >= 0.6 is 0 Å². The molecule has 5 heteroatoms. The van der Waals surface area contributed by atoms with Gasteiger partial charge in [-0.3, -0.25) is 0 Å². The quantitative estimate of drug-likeness (QED) is 0.638. The van der Waals surface area contributed by atoms with Crippen molar-refractivity contribution in [2.45, 2.75) is 44.4 Å². The zero-order valence-corrected chi connectivity index (χ0v) is 9.14. The minimum absolute atomic E-state index is 0.0254. The van der Waals surface area contributed by atoms with Crippen molar-refractivity contribution in [2.75, 3.05) is 13.7 Å². The van der Waals surface area contributed by atoms with Gasteiger partial charge < -0.3 is 23.7 Å². The van der Waals surface area contributed by atoms with Crippen molar-refractivity contribution in [1.82, 2.24) is 0 Å². The molecule has 0 aromatic heterocycles. The SMILES string of the molecule is CO[C@H]1O[C@H]2OC[C@@H]1[C@@H]1OC(C)(C)O[C@H]21. The van der Waals surface area contributed by atoms with E-state index in [1.54, 1.807) is 7.11 Å². The summed E-state index contributed by atoms with van der Waals surface area (Å²) in [5, 5.41) is 0. The van der Waals surface area contributed by atoms with Crippen molar-refractivity contribution >= 4 is 0 Å². The number of fused-ring (bicyclic) bond motifs is 2. The van der Waals surface area contributed by atoms with Gasteiger partial charge in [-0.1, -0.05) is 0 Å². The van der Waals surface area contributed by atoms with Crippen LogP contribution in [0.1, 0.15) is 13.8 Å². The van der Waals surface area contributed by atoms with E-state index >= 15 is 0 Å². The maximum Gasteiger partial charge on any atom is 0.189 e. The van der Waals surface area contributed by atoms with E-state index < -0.39 is 5.79 Å². The fourth-order valence-corrected chi connectivity index (χ4v) is 2.57. The van der Waals surface area contributed by atoms with E-state index in [4.69, 9.17) is 23.7 Å². The highest BCUT2D eigenvalue weighted by Gasteiger charge is 2.59. The third kappa shape index (κ3) is 1.42. The van der Waals surface area contributed by atoms with Gasteiger partial charge in [-0.25, -0.2) is 0 Å². The van der Waals surface area contributed by atoms with Crippen LogP contribution < -0.4 is 0 Å². The van der Waals surface area contributed by atoms with Gasteiger partial charge in [0.2, 0.25) is 0 Å². The van der Waals surface area contributed by atoms with Crippen LogP contribution in [0.15, 0.2) is 0 Å². The Labute approximate surface area is 88.6 Å². The molecule has 0 aliphatic carbocycles. The van der Waals surface area contributed by atoms with E-state index in [0.29, 0.717) is 6.61 Å². The lowest BCUT2D eigenvalue weighted by atomic mass is 9.92. The van der Waals surface area contributed by atoms with Crippen LogP contribution in [0, 0.1) is 5.92 Å². The van der Waals surface area contributed by atoms with Crippen LogP contribution in [-0.4, -0.2) is 44.3 Å². The average Bonchev–Trinajstić information content (AvgIpc) is 2.55. The van der Waals surface area contributed by atoms with Gasteiger partial charge in [0.15, 0.2) is 18.4 Å². The number of rotatable bonds is 1. The summed E-state index contributed by atoms with van der Waals surface area (Å²) >= 11 is 0. The van der Waals surface area contributed by atoms with Gasteiger partial charge in [-0.05, 0) is 13.8 Å². The second kappa shape index (κ2) is 3.15. The van der Waals surface area contributed by atoms with E-state index in [1.165, 1.54) is 0 Å². The third-order valence-corrected chi connectivity index (χ3v) is 3.16. The molecule has 0 aromatic carbocycles. The Hall–Kier alpha value is -0.200. The summed E-state index contributed by atoms with van der Waals surface area (Å²) in [6.45, 7) is 4.43. The van der Waals surface area contributed by atoms with E-state index in [9.17, 15) is 0 Å².